The van der Waals surface area contributed by atoms with E-state index in [1.165, 1.54) is 13.2 Å². The average Bonchev–Trinajstić information content (AvgIpc) is 2.15. The van der Waals surface area contributed by atoms with E-state index in [0.29, 0.717) is 12.0 Å². The Labute approximate surface area is 80.5 Å². The predicted molar refractivity (Wildman–Crippen MR) is 49.0 cm³/mol. The number of halogens is 1. The second-order valence-corrected chi connectivity index (χ2v) is 2.74. The molecule has 5 heteroatoms. The van der Waals surface area contributed by atoms with Crippen LogP contribution < -0.4 is 4.74 Å². The van der Waals surface area contributed by atoms with E-state index in [4.69, 9.17) is 4.74 Å². The number of methoxy groups -OCH3 is 1. The molecule has 0 unspecified atom stereocenters. The second kappa shape index (κ2) is 4.04. The third-order valence-electron chi connectivity index (χ3n) is 1.90. The summed E-state index contributed by atoms with van der Waals surface area (Å²) in [5, 5.41) is 10.5. The monoisotopic (exact) mass is 199 g/mol. The predicted octanol–water partition coefficient (Wildman–Crippen LogP) is 2.30. The van der Waals surface area contributed by atoms with E-state index in [9.17, 15) is 14.5 Å². The highest BCUT2D eigenvalue weighted by atomic mass is 19.1. The van der Waals surface area contributed by atoms with Gasteiger partial charge in [0.1, 0.15) is 0 Å². The molecule has 0 heterocycles. The first-order valence-corrected chi connectivity index (χ1v) is 4.11. The lowest BCUT2D eigenvalue weighted by Crippen LogP contribution is -1.98. The Morgan fingerprint density at radius 2 is 2.21 bits per heavy atom. The summed E-state index contributed by atoms with van der Waals surface area (Å²) in [6.45, 7) is 1.83. The molecule has 76 valence electrons. The fourth-order valence-electron chi connectivity index (χ4n) is 1.16. The van der Waals surface area contributed by atoms with Crippen molar-refractivity contribution in [2.24, 2.45) is 0 Å². The molecule has 1 aromatic carbocycles. The van der Waals surface area contributed by atoms with Crippen LogP contribution in [0.15, 0.2) is 12.1 Å². The lowest BCUT2D eigenvalue weighted by molar-refractivity contribution is -0.388. The van der Waals surface area contributed by atoms with Gasteiger partial charge in [0, 0.05) is 0 Å². The molecule has 14 heavy (non-hydrogen) atoms. The minimum Gasteiger partial charge on any atom is -0.490 e. The van der Waals surface area contributed by atoms with Crippen LogP contribution in [0.4, 0.5) is 10.1 Å². The van der Waals surface area contributed by atoms with E-state index in [-0.39, 0.29) is 5.75 Å². The van der Waals surface area contributed by atoms with E-state index >= 15 is 0 Å². The number of aryl methyl sites for hydroxylation is 1. The van der Waals surface area contributed by atoms with Gasteiger partial charge in [-0.25, -0.2) is 0 Å². The molecule has 0 radical (unpaired) electrons. The number of nitro benzene ring substituents is 1. The Morgan fingerprint density at radius 3 is 2.64 bits per heavy atom. The molecule has 0 atom stereocenters. The first kappa shape index (κ1) is 10.4. The minimum atomic E-state index is -0.855. The summed E-state index contributed by atoms with van der Waals surface area (Å²) in [4.78, 5) is 9.70. The molecule has 1 aromatic rings. The van der Waals surface area contributed by atoms with E-state index in [2.05, 4.69) is 0 Å². The summed E-state index contributed by atoms with van der Waals surface area (Å²) in [5.74, 6) is -0.891. The van der Waals surface area contributed by atoms with E-state index in [1.807, 2.05) is 6.92 Å². The second-order valence-electron chi connectivity index (χ2n) is 2.74. The maximum atomic E-state index is 13.2. The van der Waals surface area contributed by atoms with Crippen molar-refractivity contribution in [1.82, 2.24) is 0 Å². The van der Waals surface area contributed by atoms with Crippen LogP contribution in [0.5, 0.6) is 5.75 Å². The number of nitro groups is 1. The Kier molecular flexibility index (Phi) is 3.01. The van der Waals surface area contributed by atoms with Crippen molar-refractivity contribution in [3.63, 3.8) is 0 Å². The topological polar surface area (TPSA) is 52.4 Å². The fourth-order valence-corrected chi connectivity index (χ4v) is 1.16. The maximum Gasteiger partial charge on any atom is 0.346 e. The van der Waals surface area contributed by atoms with Crippen molar-refractivity contribution in [3.8, 4) is 5.75 Å². The first-order valence-electron chi connectivity index (χ1n) is 4.11. The zero-order valence-corrected chi connectivity index (χ0v) is 7.91. The summed E-state index contributed by atoms with van der Waals surface area (Å²) in [6, 6.07) is 2.63. The number of ether oxygens (including phenoxy) is 1. The summed E-state index contributed by atoms with van der Waals surface area (Å²) in [5.41, 5.74) is 0.0645. The number of hydrogen-bond acceptors (Lipinski definition) is 3. The lowest BCUT2D eigenvalue weighted by atomic mass is 10.1. The van der Waals surface area contributed by atoms with E-state index in [0.717, 1.165) is 6.07 Å². The van der Waals surface area contributed by atoms with Gasteiger partial charge in [0.25, 0.3) is 0 Å². The Morgan fingerprint density at radius 1 is 1.57 bits per heavy atom. The van der Waals surface area contributed by atoms with Crippen molar-refractivity contribution >= 4 is 5.69 Å². The molecule has 0 amide bonds. The maximum absolute atomic E-state index is 13.2. The van der Waals surface area contributed by atoms with Crippen LogP contribution in [0, 0.1) is 15.9 Å². The first-order chi connectivity index (χ1) is 6.60. The standard InChI is InChI=1S/C9H10FNO3/c1-3-6-4-7(10)9(11(12)13)8(5-6)14-2/h4-5H,3H2,1-2H3. The van der Waals surface area contributed by atoms with Crippen molar-refractivity contribution < 1.29 is 14.1 Å². The Hall–Kier alpha value is -1.65. The normalized spacial score (nSPS) is 9.93. The minimum absolute atomic E-state index is 0.0353. The zero-order chi connectivity index (χ0) is 10.7. The lowest BCUT2D eigenvalue weighted by Gasteiger charge is -2.04. The van der Waals surface area contributed by atoms with Crippen LogP contribution in [0.25, 0.3) is 0 Å². The van der Waals surface area contributed by atoms with Crippen molar-refractivity contribution in [3.05, 3.63) is 33.6 Å². The van der Waals surface area contributed by atoms with Crippen LogP contribution >= 0.6 is 0 Å². The molecule has 0 aliphatic heterocycles. The van der Waals surface area contributed by atoms with Gasteiger partial charge >= 0.3 is 5.69 Å². The van der Waals surface area contributed by atoms with Crippen LogP contribution in [-0.4, -0.2) is 12.0 Å². The molecule has 1 rings (SSSR count). The van der Waals surface area contributed by atoms with Gasteiger partial charge in [0.05, 0.1) is 12.0 Å². The highest BCUT2D eigenvalue weighted by Crippen LogP contribution is 2.31. The average molecular weight is 199 g/mol. The largest absolute Gasteiger partial charge is 0.490 e. The number of nitrogens with zero attached hydrogens (tertiary/aromatic N) is 1. The fraction of sp³-hybridized carbons (Fsp3) is 0.333. The van der Waals surface area contributed by atoms with Crippen LogP contribution in [0.3, 0.4) is 0 Å². The number of benzene rings is 1. The third kappa shape index (κ3) is 1.81. The molecule has 0 bridgehead atoms. The molecule has 0 aromatic heterocycles. The molecule has 0 N–H and O–H groups in total. The molecule has 0 spiro atoms. The highest BCUT2D eigenvalue weighted by molar-refractivity contribution is 5.49. The molecule has 0 aliphatic carbocycles. The van der Waals surface area contributed by atoms with Crippen LogP contribution in [-0.2, 0) is 6.42 Å². The molecular weight excluding hydrogens is 189 g/mol. The van der Waals surface area contributed by atoms with Gasteiger partial charge in [-0.15, -0.1) is 0 Å². The van der Waals surface area contributed by atoms with Crippen LogP contribution in [0.2, 0.25) is 0 Å². The highest BCUT2D eigenvalue weighted by Gasteiger charge is 2.21. The third-order valence-corrected chi connectivity index (χ3v) is 1.90. The van der Waals surface area contributed by atoms with Gasteiger partial charge < -0.3 is 4.74 Å². The summed E-state index contributed by atoms with van der Waals surface area (Å²) >= 11 is 0. The number of rotatable bonds is 3. The Balaban J connectivity index is 3.34. The summed E-state index contributed by atoms with van der Waals surface area (Å²) < 4.78 is 18.0. The van der Waals surface area contributed by atoms with Crippen molar-refractivity contribution in [1.29, 1.82) is 0 Å². The van der Waals surface area contributed by atoms with Gasteiger partial charge in [-0.05, 0) is 24.1 Å². The Bertz CT molecular complexity index is 365. The van der Waals surface area contributed by atoms with E-state index < -0.39 is 16.4 Å². The molecule has 0 saturated carbocycles. The molecule has 4 nitrogen and oxygen atoms in total. The quantitative estimate of drug-likeness (QED) is 0.554. The van der Waals surface area contributed by atoms with Gasteiger partial charge in [0.15, 0.2) is 5.75 Å². The van der Waals surface area contributed by atoms with Gasteiger partial charge in [-0.3, -0.25) is 10.1 Å². The number of hydrogen-bond donors (Lipinski definition) is 0. The molecule has 0 saturated heterocycles. The summed E-state index contributed by atoms with van der Waals surface area (Å²) in [7, 11) is 1.28. The van der Waals surface area contributed by atoms with Gasteiger partial charge in [-0.1, -0.05) is 6.92 Å². The SMILES string of the molecule is CCc1cc(F)c([N+](=O)[O-])c(OC)c1. The van der Waals surface area contributed by atoms with Crippen LogP contribution in [0.1, 0.15) is 12.5 Å². The molecule has 0 aliphatic rings. The molecular formula is C9H10FNO3. The molecule has 0 fully saturated rings. The van der Waals surface area contributed by atoms with Crippen molar-refractivity contribution in [2.45, 2.75) is 13.3 Å². The summed E-state index contributed by atoms with van der Waals surface area (Å²) in [6.07, 6.45) is 0.602. The smallest absolute Gasteiger partial charge is 0.346 e. The van der Waals surface area contributed by atoms with Gasteiger partial charge in [0.2, 0.25) is 5.82 Å². The van der Waals surface area contributed by atoms with E-state index in [1.54, 1.807) is 0 Å². The van der Waals surface area contributed by atoms with Crippen molar-refractivity contribution in [2.75, 3.05) is 7.11 Å². The van der Waals surface area contributed by atoms with Gasteiger partial charge in [-0.2, -0.15) is 4.39 Å². The zero-order valence-electron chi connectivity index (χ0n) is 7.91.